The fourth-order valence-corrected chi connectivity index (χ4v) is 5.26. The van der Waals surface area contributed by atoms with Gasteiger partial charge in [0.15, 0.2) is 0 Å². The molecule has 1 unspecified atom stereocenters. The molecule has 4 rings (SSSR count). The van der Waals surface area contributed by atoms with Gasteiger partial charge in [-0.15, -0.1) is 0 Å². The van der Waals surface area contributed by atoms with Gasteiger partial charge in [-0.25, -0.2) is 8.42 Å². The number of sulfone groups is 1. The summed E-state index contributed by atoms with van der Waals surface area (Å²) >= 11 is 0. The lowest BCUT2D eigenvalue weighted by atomic mass is 9.98. The second kappa shape index (κ2) is 6.04. The molecule has 0 spiro atoms. The molecule has 1 aliphatic heterocycles. The zero-order valence-electron chi connectivity index (χ0n) is 14.3. The maximum atomic E-state index is 13.4. The third-order valence-corrected chi connectivity index (χ3v) is 7.51. The third kappa shape index (κ3) is 2.79. The molecule has 2 N–H and O–H groups in total. The molecule has 2 aromatic rings. The van der Waals surface area contributed by atoms with E-state index in [-0.39, 0.29) is 0 Å². The fraction of sp³-hybridized carbons (Fsp3) is 0.368. The van der Waals surface area contributed by atoms with Gasteiger partial charge in [0.05, 0.1) is 4.75 Å². The summed E-state index contributed by atoms with van der Waals surface area (Å²) in [6.07, 6.45) is 6.26. The molecule has 25 heavy (non-hydrogen) atoms. The van der Waals surface area contributed by atoms with Crippen molar-refractivity contribution in [2.45, 2.75) is 23.1 Å². The third-order valence-electron chi connectivity index (χ3n) is 5.20. The summed E-state index contributed by atoms with van der Waals surface area (Å²) in [7, 11) is -3.52. The fourth-order valence-electron chi connectivity index (χ4n) is 3.64. The minimum absolute atomic E-state index is 0.294. The molecule has 1 aromatic heterocycles. The molecular formula is C19H23N3O2S. The SMILES string of the molecule is CC1(S(=O)(=O)c2cc3ccccc3[nH]2)C=CC=C(N2CCNCC2)C1. The van der Waals surface area contributed by atoms with E-state index in [4.69, 9.17) is 0 Å². The van der Waals surface area contributed by atoms with Gasteiger partial charge in [-0.2, -0.15) is 0 Å². The first-order valence-electron chi connectivity index (χ1n) is 8.66. The summed E-state index contributed by atoms with van der Waals surface area (Å²) in [5.41, 5.74) is 1.95. The molecule has 2 aliphatic rings. The Hall–Kier alpha value is -2.05. The van der Waals surface area contributed by atoms with Crippen LogP contribution in [0.15, 0.2) is 59.3 Å². The van der Waals surface area contributed by atoms with Crippen LogP contribution in [0.2, 0.25) is 0 Å². The molecule has 1 aromatic carbocycles. The zero-order chi connectivity index (χ0) is 17.5. The maximum Gasteiger partial charge on any atom is 0.202 e. The van der Waals surface area contributed by atoms with Crippen LogP contribution in [0.3, 0.4) is 0 Å². The maximum absolute atomic E-state index is 13.4. The van der Waals surface area contributed by atoms with Crippen molar-refractivity contribution < 1.29 is 8.42 Å². The molecule has 2 heterocycles. The molecule has 5 nitrogen and oxygen atoms in total. The summed E-state index contributed by atoms with van der Waals surface area (Å²) in [4.78, 5) is 5.38. The van der Waals surface area contributed by atoms with Crippen LogP contribution in [0.25, 0.3) is 10.9 Å². The first-order valence-corrected chi connectivity index (χ1v) is 10.1. The molecule has 6 heteroatoms. The highest BCUT2D eigenvalue weighted by molar-refractivity contribution is 7.93. The molecule has 0 saturated carbocycles. The van der Waals surface area contributed by atoms with E-state index in [1.54, 1.807) is 6.07 Å². The van der Waals surface area contributed by atoms with Gasteiger partial charge in [0.25, 0.3) is 0 Å². The Morgan fingerprint density at radius 1 is 1.16 bits per heavy atom. The number of hydrogen-bond donors (Lipinski definition) is 2. The standard InChI is InChI=1S/C19H23N3O2S/c1-19(8-4-6-16(14-19)22-11-9-20-10-12-22)25(23,24)18-13-15-5-2-3-7-17(15)21-18/h2-8,13,20-21H,9-12,14H2,1H3. The molecule has 0 amide bonds. The summed E-state index contributed by atoms with van der Waals surface area (Å²) < 4.78 is 25.8. The van der Waals surface area contributed by atoms with E-state index in [1.807, 2.05) is 49.4 Å². The highest BCUT2D eigenvalue weighted by Crippen LogP contribution is 2.36. The topological polar surface area (TPSA) is 65.2 Å². The number of rotatable bonds is 3. The van der Waals surface area contributed by atoms with Gasteiger partial charge in [0, 0.05) is 49.2 Å². The van der Waals surface area contributed by atoms with Gasteiger partial charge < -0.3 is 15.2 Å². The van der Waals surface area contributed by atoms with Crippen LogP contribution in [-0.2, 0) is 9.84 Å². The monoisotopic (exact) mass is 357 g/mol. The molecule has 1 fully saturated rings. The van der Waals surface area contributed by atoms with Crippen molar-refractivity contribution in [3.63, 3.8) is 0 Å². The van der Waals surface area contributed by atoms with Crippen molar-refractivity contribution in [3.05, 3.63) is 54.3 Å². The number of fused-ring (bicyclic) bond motifs is 1. The lowest BCUT2D eigenvalue weighted by Crippen LogP contribution is -2.45. The first-order chi connectivity index (χ1) is 12.0. The summed E-state index contributed by atoms with van der Waals surface area (Å²) in [6, 6.07) is 9.39. The number of para-hydroxylation sites is 1. The van der Waals surface area contributed by atoms with Crippen LogP contribution in [0.1, 0.15) is 13.3 Å². The van der Waals surface area contributed by atoms with Gasteiger partial charge in [-0.05, 0) is 25.1 Å². The minimum Gasteiger partial charge on any atom is -0.372 e. The van der Waals surface area contributed by atoms with Crippen molar-refractivity contribution in [2.75, 3.05) is 26.2 Å². The molecular weight excluding hydrogens is 334 g/mol. The van der Waals surface area contributed by atoms with Crippen LogP contribution >= 0.6 is 0 Å². The summed E-state index contributed by atoms with van der Waals surface area (Å²) in [5, 5.41) is 4.55. The normalized spacial score (nSPS) is 24.5. The van der Waals surface area contributed by atoms with Crippen LogP contribution in [-0.4, -0.2) is 49.2 Å². The van der Waals surface area contributed by atoms with Crippen LogP contribution in [0.5, 0.6) is 0 Å². The van der Waals surface area contributed by atoms with Gasteiger partial charge >= 0.3 is 0 Å². The average molecular weight is 357 g/mol. The Kier molecular flexibility index (Phi) is 3.96. The van der Waals surface area contributed by atoms with Crippen molar-refractivity contribution in [3.8, 4) is 0 Å². The van der Waals surface area contributed by atoms with Crippen LogP contribution in [0, 0.1) is 0 Å². The highest BCUT2D eigenvalue weighted by Gasteiger charge is 2.41. The molecule has 1 aliphatic carbocycles. The van der Waals surface area contributed by atoms with E-state index in [2.05, 4.69) is 15.2 Å². The van der Waals surface area contributed by atoms with Gasteiger partial charge in [-0.3, -0.25) is 0 Å². The van der Waals surface area contributed by atoms with Gasteiger partial charge in [0.1, 0.15) is 5.03 Å². The Bertz CT molecular complexity index is 919. The minimum atomic E-state index is -3.52. The largest absolute Gasteiger partial charge is 0.372 e. The number of allylic oxidation sites excluding steroid dienone is 3. The quantitative estimate of drug-likeness (QED) is 0.886. The number of benzene rings is 1. The van der Waals surface area contributed by atoms with Crippen molar-refractivity contribution in [1.82, 2.24) is 15.2 Å². The molecule has 0 radical (unpaired) electrons. The summed E-state index contributed by atoms with van der Waals surface area (Å²) in [5.74, 6) is 0. The van der Waals surface area contributed by atoms with Crippen molar-refractivity contribution in [2.24, 2.45) is 0 Å². The van der Waals surface area contributed by atoms with E-state index >= 15 is 0 Å². The Labute approximate surface area is 148 Å². The number of piperazine rings is 1. The number of nitrogens with zero attached hydrogens (tertiary/aromatic N) is 1. The van der Waals surface area contributed by atoms with E-state index < -0.39 is 14.6 Å². The number of aromatic amines is 1. The summed E-state index contributed by atoms with van der Waals surface area (Å²) in [6.45, 7) is 5.53. The molecule has 1 atom stereocenters. The van der Waals surface area contributed by atoms with E-state index in [0.717, 1.165) is 42.8 Å². The number of H-pyrrole nitrogens is 1. The van der Waals surface area contributed by atoms with E-state index in [0.29, 0.717) is 11.4 Å². The number of hydrogen-bond acceptors (Lipinski definition) is 4. The molecule has 132 valence electrons. The second-order valence-electron chi connectivity index (χ2n) is 6.97. The Morgan fingerprint density at radius 2 is 1.92 bits per heavy atom. The Balaban J connectivity index is 1.67. The van der Waals surface area contributed by atoms with Crippen LogP contribution < -0.4 is 5.32 Å². The zero-order valence-corrected chi connectivity index (χ0v) is 15.1. The average Bonchev–Trinajstić information content (AvgIpc) is 3.07. The predicted octanol–water partition coefficient (Wildman–Crippen LogP) is 2.45. The first kappa shape index (κ1) is 16.4. The lowest BCUT2D eigenvalue weighted by molar-refractivity contribution is 0.285. The van der Waals surface area contributed by atoms with Crippen molar-refractivity contribution in [1.29, 1.82) is 0 Å². The van der Waals surface area contributed by atoms with E-state index in [1.165, 1.54) is 0 Å². The van der Waals surface area contributed by atoms with E-state index in [9.17, 15) is 8.42 Å². The van der Waals surface area contributed by atoms with Crippen molar-refractivity contribution >= 4 is 20.7 Å². The number of nitrogens with one attached hydrogen (secondary N) is 2. The van der Waals surface area contributed by atoms with Crippen LogP contribution in [0.4, 0.5) is 0 Å². The van der Waals surface area contributed by atoms with Gasteiger partial charge in [-0.1, -0.05) is 30.4 Å². The predicted molar refractivity (Wildman–Crippen MR) is 100 cm³/mol. The number of aromatic nitrogens is 1. The Morgan fingerprint density at radius 3 is 2.68 bits per heavy atom. The molecule has 1 saturated heterocycles. The smallest absolute Gasteiger partial charge is 0.202 e. The highest BCUT2D eigenvalue weighted by atomic mass is 32.2. The van der Waals surface area contributed by atoms with Gasteiger partial charge in [0.2, 0.25) is 9.84 Å². The lowest BCUT2D eigenvalue weighted by Gasteiger charge is -2.37. The second-order valence-corrected chi connectivity index (χ2v) is 9.35. The molecule has 0 bridgehead atoms.